The lowest BCUT2D eigenvalue weighted by molar-refractivity contribution is 0.476. The van der Waals surface area contributed by atoms with E-state index in [1.165, 1.54) is 0 Å². The molecule has 4 heteroatoms. The van der Waals surface area contributed by atoms with Crippen molar-refractivity contribution in [3.63, 3.8) is 0 Å². The summed E-state index contributed by atoms with van der Waals surface area (Å²) in [5.41, 5.74) is 10.8. The monoisotopic (exact) mass is 295 g/mol. The molecule has 1 heterocycles. The van der Waals surface area contributed by atoms with Gasteiger partial charge in [0.05, 0.1) is 5.52 Å². The average molecular weight is 295 g/mol. The van der Waals surface area contributed by atoms with Crippen molar-refractivity contribution in [1.29, 1.82) is 0 Å². The largest absolute Gasteiger partial charge is 0.457 e. The molecule has 0 saturated heterocycles. The Hall–Kier alpha value is -2.49. The van der Waals surface area contributed by atoms with Crippen LogP contribution in [0.15, 0.2) is 30.3 Å². The van der Waals surface area contributed by atoms with Gasteiger partial charge in [-0.25, -0.2) is 0 Å². The summed E-state index contributed by atoms with van der Waals surface area (Å²) in [6, 6.07) is 9.83. The number of H-pyrrole nitrogens is 1. The molecule has 0 aliphatic carbocycles. The molecule has 22 heavy (non-hydrogen) atoms. The van der Waals surface area contributed by atoms with Crippen LogP contribution in [0.5, 0.6) is 11.5 Å². The van der Waals surface area contributed by atoms with Crippen LogP contribution in [0, 0.1) is 13.8 Å². The minimum atomic E-state index is 0.389. The Bertz CT molecular complexity index is 810. The fraction of sp³-hybridized carbons (Fsp3) is 0.278. The lowest BCUT2D eigenvalue weighted by Gasteiger charge is -2.13. The number of rotatable bonds is 3. The summed E-state index contributed by atoms with van der Waals surface area (Å²) in [6.07, 6.45) is 0. The molecule has 0 aliphatic heterocycles. The SMILES string of the molecule is Cc1cc(N)cc(C)c1Oc1ccc2n[nH]c(C(C)C)c2c1. The number of fused-ring (bicyclic) bond motifs is 1. The third kappa shape index (κ3) is 2.52. The predicted octanol–water partition coefficient (Wildman–Crippen LogP) is 4.68. The molecule has 0 radical (unpaired) electrons. The zero-order valence-electron chi connectivity index (χ0n) is 13.4. The highest BCUT2D eigenvalue weighted by molar-refractivity contribution is 5.83. The van der Waals surface area contributed by atoms with Gasteiger partial charge in [0, 0.05) is 16.8 Å². The molecule has 0 atom stereocenters. The summed E-state index contributed by atoms with van der Waals surface area (Å²) in [7, 11) is 0. The second-order valence-electron chi connectivity index (χ2n) is 6.06. The summed E-state index contributed by atoms with van der Waals surface area (Å²) >= 11 is 0. The second-order valence-corrected chi connectivity index (χ2v) is 6.06. The van der Waals surface area contributed by atoms with E-state index in [9.17, 15) is 0 Å². The van der Waals surface area contributed by atoms with Crippen LogP contribution in [0.2, 0.25) is 0 Å². The van der Waals surface area contributed by atoms with E-state index in [-0.39, 0.29) is 0 Å². The first-order valence-electron chi connectivity index (χ1n) is 7.48. The van der Waals surface area contributed by atoms with Crippen molar-refractivity contribution in [3.05, 3.63) is 47.2 Å². The van der Waals surface area contributed by atoms with Crippen LogP contribution >= 0.6 is 0 Å². The molecule has 0 spiro atoms. The van der Waals surface area contributed by atoms with Gasteiger partial charge in [-0.3, -0.25) is 5.10 Å². The molecular weight excluding hydrogens is 274 g/mol. The van der Waals surface area contributed by atoms with Crippen LogP contribution in [-0.4, -0.2) is 10.2 Å². The van der Waals surface area contributed by atoms with Crippen molar-refractivity contribution >= 4 is 16.6 Å². The number of benzene rings is 2. The van der Waals surface area contributed by atoms with Gasteiger partial charge in [-0.1, -0.05) is 13.8 Å². The fourth-order valence-corrected chi connectivity index (χ4v) is 2.78. The quantitative estimate of drug-likeness (QED) is 0.690. The molecule has 1 aromatic heterocycles. The number of nitrogens with one attached hydrogen (secondary N) is 1. The van der Waals surface area contributed by atoms with E-state index in [0.717, 1.165) is 44.9 Å². The first-order valence-corrected chi connectivity index (χ1v) is 7.48. The van der Waals surface area contributed by atoms with E-state index >= 15 is 0 Å². The van der Waals surface area contributed by atoms with Crippen LogP contribution in [0.3, 0.4) is 0 Å². The number of anilines is 1. The third-order valence-corrected chi connectivity index (χ3v) is 3.83. The van der Waals surface area contributed by atoms with Crippen LogP contribution in [0.25, 0.3) is 10.9 Å². The van der Waals surface area contributed by atoms with E-state index in [2.05, 4.69) is 24.0 Å². The van der Waals surface area contributed by atoms with Gasteiger partial charge in [-0.2, -0.15) is 5.10 Å². The summed E-state index contributed by atoms with van der Waals surface area (Å²) in [6.45, 7) is 8.31. The van der Waals surface area contributed by atoms with E-state index < -0.39 is 0 Å². The minimum Gasteiger partial charge on any atom is -0.457 e. The normalized spacial score (nSPS) is 11.3. The molecule has 3 rings (SSSR count). The summed E-state index contributed by atoms with van der Waals surface area (Å²) in [5.74, 6) is 2.06. The fourth-order valence-electron chi connectivity index (χ4n) is 2.78. The van der Waals surface area contributed by atoms with E-state index in [1.807, 2.05) is 44.2 Å². The number of aromatic nitrogens is 2. The smallest absolute Gasteiger partial charge is 0.133 e. The summed E-state index contributed by atoms with van der Waals surface area (Å²) in [5, 5.41) is 8.56. The Morgan fingerprint density at radius 1 is 1.09 bits per heavy atom. The van der Waals surface area contributed by atoms with Crippen molar-refractivity contribution in [1.82, 2.24) is 10.2 Å². The Morgan fingerprint density at radius 2 is 1.77 bits per heavy atom. The predicted molar refractivity (Wildman–Crippen MR) is 90.6 cm³/mol. The highest BCUT2D eigenvalue weighted by atomic mass is 16.5. The van der Waals surface area contributed by atoms with Gasteiger partial charge in [0.15, 0.2) is 0 Å². The molecule has 0 aliphatic rings. The zero-order valence-corrected chi connectivity index (χ0v) is 13.4. The molecule has 0 fully saturated rings. The average Bonchev–Trinajstić information content (AvgIpc) is 2.86. The van der Waals surface area contributed by atoms with E-state index in [0.29, 0.717) is 5.92 Å². The van der Waals surface area contributed by atoms with Gasteiger partial charge < -0.3 is 10.5 Å². The molecule has 0 bridgehead atoms. The summed E-state index contributed by atoms with van der Waals surface area (Å²) in [4.78, 5) is 0. The number of nitrogen functional groups attached to an aromatic ring is 1. The Balaban J connectivity index is 2.03. The first-order chi connectivity index (χ1) is 10.5. The molecule has 0 amide bonds. The molecule has 4 nitrogen and oxygen atoms in total. The highest BCUT2D eigenvalue weighted by Crippen LogP contribution is 2.33. The Labute approximate surface area is 130 Å². The van der Waals surface area contributed by atoms with Gasteiger partial charge in [0.25, 0.3) is 0 Å². The number of hydrogen-bond acceptors (Lipinski definition) is 3. The standard InChI is InChI=1S/C18H21N3O/c1-10(2)17-15-9-14(5-6-16(15)20-21-17)22-18-11(3)7-13(19)8-12(18)4/h5-10H,19H2,1-4H3,(H,20,21). The van der Waals surface area contributed by atoms with Gasteiger partial charge in [-0.05, 0) is 61.2 Å². The van der Waals surface area contributed by atoms with Gasteiger partial charge in [0.2, 0.25) is 0 Å². The van der Waals surface area contributed by atoms with E-state index in [1.54, 1.807) is 0 Å². The molecule has 0 saturated carbocycles. The minimum absolute atomic E-state index is 0.389. The number of nitrogens with two attached hydrogens (primary N) is 1. The zero-order chi connectivity index (χ0) is 15.9. The number of ether oxygens (including phenoxy) is 1. The molecule has 114 valence electrons. The van der Waals surface area contributed by atoms with Crippen molar-refractivity contribution < 1.29 is 4.74 Å². The Kier molecular flexibility index (Phi) is 3.53. The van der Waals surface area contributed by atoms with Crippen molar-refractivity contribution in [2.45, 2.75) is 33.6 Å². The molecule has 3 N–H and O–H groups in total. The number of nitrogens with zero attached hydrogens (tertiary/aromatic N) is 1. The van der Waals surface area contributed by atoms with Crippen LogP contribution < -0.4 is 10.5 Å². The van der Waals surface area contributed by atoms with Crippen LogP contribution in [0.1, 0.15) is 36.6 Å². The van der Waals surface area contributed by atoms with Crippen molar-refractivity contribution in [3.8, 4) is 11.5 Å². The molecule has 3 aromatic rings. The molecular formula is C18H21N3O. The lowest BCUT2D eigenvalue weighted by atomic mass is 10.1. The van der Waals surface area contributed by atoms with Gasteiger partial charge in [0.1, 0.15) is 11.5 Å². The van der Waals surface area contributed by atoms with Crippen molar-refractivity contribution in [2.24, 2.45) is 0 Å². The molecule has 2 aromatic carbocycles. The topological polar surface area (TPSA) is 63.9 Å². The van der Waals surface area contributed by atoms with Crippen LogP contribution in [0.4, 0.5) is 5.69 Å². The number of hydrogen-bond donors (Lipinski definition) is 2. The molecule has 0 unspecified atom stereocenters. The maximum Gasteiger partial charge on any atom is 0.133 e. The van der Waals surface area contributed by atoms with Gasteiger partial charge >= 0.3 is 0 Å². The maximum atomic E-state index is 6.11. The number of aromatic amines is 1. The number of aryl methyl sites for hydroxylation is 2. The van der Waals surface area contributed by atoms with Crippen molar-refractivity contribution in [2.75, 3.05) is 5.73 Å². The Morgan fingerprint density at radius 3 is 2.41 bits per heavy atom. The second kappa shape index (κ2) is 5.37. The van der Waals surface area contributed by atoms with E-state index in [4.69, 9.17) is 10.5 Å². The third-order valence-electron chi connectivity index (χ3n) is 3.83. The first kappa shape index (κ1) is 14.4. The lowest BCUT2D eigenvalue weighted by Crippen LogP contribution is -1.94. The summed E-state index contributed by atoms with van der Waals surface area (Å²) < 4.78 is 6.11. The maximum absolute atomic E-state index is 6.11. The van der Waals surface area contributed by atoms with Gasteiger partial charge in [-0.15, -0.1) is 0 Å². The highest BCUT2D eigenvalue weighted by Gasteiger charge is 2.12. The van der Waals surface area contributed by atoms with Crippen LogP contribution in [-0.2, 0) is 0 Å².